The highest BCUT2D eigenvalue weighted by atomic mass is 32.2. The van der Waals surface area contributed by atoms with Gasteiger partial charge in [0.15, 0.2) is 11.3 Å². The summed E-state index contributed by atoms with van der Waals surface area (Å²) in [5, 5.41) is 0. The quantitative estimate of drug-likeness (QED) is 0.460. The van der Waals surface area contributed by atoms with Crippen LogP contribution in [0.15, 0.2) is 67.1 Å². The molecule has 0 aliphatic rings. The SMILES string of the molecule is CN(c1cccc(-c2ccnc3c(C(=O)c4ccc(F)cc4)ncn23)c1)S(C)(=O)=O. The number of sulfonamides is 1. The number of nitrogens with zero attached hydrogens (tertiary/aromatic N) is 4. The van der Waals surface area contributed by atoms with E-state index in [4.69, 9.17) is 0 Å². The van der Waals surface area contributed by atoms with Gasteiger partial charge >= 0.3 is 0 Å². The van der Waals surface area contributed by atoms with Gasteiger partial charge in [0.25, 0.3) is 0 Å². The molecule has 0 bridgehead atoms. The summed E-state index contributed by atoms with van der Waals surface area (Å²) < 4.78 is 39.7. The fourth-order valence-corrected chi connectivity index (χ4v) is 3.58. The molecule has 0 aliphatic heterocycles. The fourth-order valence-electron chi connectivity index (χ4n) is 3.09. The van der Waals surface area contributed by atoms with Crippen LogP contribution in [0.4, 0.5) is 10.1 Å². The summed E-state index contributed by atoms with van der Waals surface area (Å²) in [5.41, 5.74) is 2.73. The molecule has 4 aromatic rings. The van der Waals surface area contributed by atoms with Gasteiger partial charge in [0.2, 0.25) is 15.8 Å². The Bertz CT molecular complexity index is 1360. The number of fused-ring (bicyclic) bond motifs is 1. The van der Waals surface area contributed by atoms with Gasteiger partial charge in [-0.05, 0) is 42.5 Å². The third-order valence-corrected chi connectivity index (χ3v) is 5.96. The van der Waals surface area contributed by atoms with Crippen LogP contribution in [-0.2, 0) is 10.0 Å². The van der Waals surface area contributed by atoms with E-state index < -0.39 is 15.8 Å². The van der Waals surface area contributed by atoms with Crippen LogP contribution in [-0.4, -0.2) is 41.9 Å². The maximum absolute atomic E-state index is 13.2. The maximum atomic E-state index is 13.2. The van der Waals surface area contributed by atoms with E-state index in [2.05, 4.69) is 9.97 Å². The van der Waals surface area contributed by atoms with Crippen molar-refractivity contribution in [3.8, 4) is 11.3 Å². The van der Waals surface area contributed by atoms with Crippen molar-refractivity contribution < 1.29 is 17.6 Å². The van der Waals surface area contributed by atoms with Crippen LogP contribution < -0.4 is 4.31 Å². The summed E-state index contributed by atoms with van der Waals surface area (Å²) in [6.07, 6.45) is 4.18. The number of carbonyl (C=O) groups is 1. The normalized spacial score (nSPS) is 11.6. The first-order valence-corrected chi connectivity index (χ1v) is 10.8. The molecule has 0 aliphatic carbocycles. The van der Waals surface area contributed by atoms with E-state index >= 15 is 0 Å². The van der Waals surface area contributed by atoms with Gasteiger partial charge in [-0.25, -0.2) is 22.8 Å². The lowest BCUT2D eigenvalue weighted by molar-refractivity contribution is 0.103. The first-order chi connectivity index (χ1) is 14.3. The second-order valence-corrected chi connectivity index (χ2v) is 8.75. The zero-order valence-electron chi connectivity index (χ0n) is 16.2. The number of ketones is 1. The lowest BCUT2D eigenvalue weighted by atomic mass is 10.1. The Morgan fingerprint density at radius 3 is 2.50 bits per heavy atom. The molecule has 0 fully saturated rings. The smallest absolute Gasteiger partial charge is 0.231 e. The molecule has 0 radical (unpaired) electrons. The van der Waals surface area contributed by atoms with Crippen molar-refractivity contribution in [1.82, 2.24) is 14.4 Å². The van der Waals surface area contributed by atoms with Crippen LogP contribution in [0.1, 0.15) is 16.1 Å². The maximum Gasteiger partial charge on any atom is 0.231 e. The van der Waals surface area contributed by atoms with E-state index in [-0.39, 0.29) is 11.5 Å². The largest absolute Gasteiger partial charge is 0.287 e. The van der Waals surface area contributed by atoms with Gasteiger partial charge in [-0.15, -0.1) is 0 Å². The summed E-state index contributed by atoms with van der Waals surface area (Å²) in [7, 11) is -1.93. The number of benzene rings is 2. The number of rotatable bonds is 5. The summed E-state index contributed by atoms with van der Waals surface area (Å²) in [6.45, 7) is 0. The number of hydrogen-bond acceptors (Lipinski definition) is 5. The molecule has 2 aromatic carbocycles. The molecule has 0 amide bonds. The van der Waals surface area contributed by atoms with Crippen molar-refractivity contribution >= 4 is 27.1 Å². The Morgan fingerprint density at radius 1 is 1.07 bits per heavy atom. The van der Waals surface area contributed by atoms with Gasteiger partial charge in [0, 0.05) is 24.4 Å². The average Bonchev–Trinajstić information content (AvgIpc) is 3.17. The molecular formula is C21H17FN4O3S. The Labute approximate surface area is 172 Å². The first kappa shape index (κ1) is 19.7. The fraction of sp³-hybridized carbons (Fsp3) is 0.0952. The molecule has 0 atom stereocenters. The van der Waals surface area contributed by atoms with E-state index in [1.54, 1.807) is 34.9 Å². The van der Waals surface area contributed by atoms with E-state index in [0.29, 0.717) is 22.6 Å². The van der Waals surface area contributed by atoms with Crippen molar-refractivity contribution in [2.24, 2.45) is 0 Å². The molecule has 2 heterocycles. The molecule has 4 rings (SSSR count). The highest BCUT2D eigenvalue weighted by Gasteiger charge is 2.19. The third-order valence-electron chi connectivity index (χ3n) is 4.76. The minimum Gasteiger partial charge on any atom is -0.287 e. The predicted molar refractivity (Wildman–Crippen MR) is 112 cm³/mol. The lowest BCUT2D eigenvalue weighted by Crippen LogP contribution is -2.24. The van der Waals surface area contributed by atoms with Crippen LogP contribution in [0.5, 0.6) is 0 Å². The monoisotopic (exact) mass is 424 g/mol. The predicted octanol–water partition coefficient (Wildman–Crippen LogP) is 3.16. The number of hydrogen-bond donors (Lipinski definition) is 0. The highest BCUT2D eigenvalue weighted by molar-refractivity contribution is 7.92. The molecule has 7 nitrogen and oxygen atoms in total. The molecular weight excluding hydrogens is 407 g/mol. The summed E-state index contributed by atoms with van der Waals surface area (Å²) in [4.78, 5) is 21.3. The van der Waals surface area contributed by atoms with Gasteiger partial charge in [0.05, 0.1) is 17.6 Å². The zero-order chi connectivity index (χ0) is 21.5. The Kier molecular flexibility index (Phi) is 4.83. The zero-order valence-corrected chi connectivity index (χ0v) is 17.0. The van der Waals surface area contributed by atoms with Gasteiger partial charge in [-0.2, -0.15) is 0 Å². The number of halogens is 1. The molecule has 9 heteroatoms. The van der Waals surface area contributed by atoms with Crippen molar-refractivity contribution in [3.63, 3.8) is 0 Å². The molecule has 0 saturated heterocycles. The van der Waals surface area contributed by atoms with E-state index in [1.165, 1.54) is 41.9 Å². The topological polar surface area (TPSA) is 84.6 Å². The highest BCUT2D eigenvalue weighted by Crippen LogP contribution is 2.26. The third kappa shape index (κ3) is 3.55. The van der Waals surface area contributed by atoms with E-state index in [9.17, 15) is 17.6 Å². The van der Waals surface area contributed by atoms with Gasteiger partial charge < -0.3 is 0 Å². The van der Waals surface area contributed by atoms with Gasteiger partial charge in [-0.3, -0.25) is 13.5 Å². The number of carbonyl (C=O) groups excluding carboxylic acids is 1. The number of anilines is 1. The van der Waals surface area contributed by atoms with Gasteiger partial charge in [-0.1, -0.05) is 12.1 Å². The average molecular weight is 424 g/mol. The second-order valence-electron chi connectivity index (χ2n) is 6.73. The van der Waals surface area contributed by atoms with Crippen molar-refractivity contribution in [2.45, 2.75) is 0 Å². The van der Waals surface area contributed by atoms with Crippen LogP contribution in [0.25, 0.3) is 16.9 Å². The van der Waals surface area contributed by atoms with Crippen LogP contribution >= 0.6 is 0 Å². The summed E-state index contributed by atoms with van der Waals surface area (Å²) in [6, 6.07) is 14.0. The molecule has 0 spiro atoms. The van der Waals surface area contributed by atoms with Crippen LogP contribution in [0, 0.1) is 5.82 Å². The molecule has 152 valence electrons. The molecule has 0 saturated carbocycles. The standard InChI is InChI=1S/C21H17FN4O3S/c1-25(30(2,28)29)17-5-3-4-15(12-17)18-10-11-23-21-19(24-13-26(18)21)20(27)14-6-8-16(22)9-7-14/h3-13H,1-2H3. The number of aromatic nitrogens is 3. The van der Waals surface area contributed by atoms with E-state index in [1.807, 2.05) is 6.07 Å². The minimum absolute atomic E-state index is 0.146. The van der Waals surface area contributed by atoms with Crippen LogP contribution in [0.3, 0.4) is 0 Å². The lowest BCUT2D eigenvalue weighted by Gasteiger charge is -2.17. The first-order valence-electron chi connectivity index (χ1n) is 8.92. The number of imidazole rings is 1. The van der Waals surface area contributed by atoms with Gasteiger partial charge in [0.1, 0.15) is 12.1 Å². The summed E-state index contributed by atoms with van der Waals surface area (Å²) >= 11 is 0. The minimum atomic E-state index is -3.41. The van der Waals surface area contributed by atoms with Crippen molar-refractivity contribution in [3.05, 3.63) is 84.2 Å². The van der Waals surface area contributed by atoms with Crippen LogP contribution in [0.2, 0.25) is 0 Å². The molecule has 2 aromatic heterocycles. The second kappa shape index (κ2) is 7.34. The Balaban J connectivity index is 1.80. The molecule has 30 heavy (non-hydrogen) atoms. The van der Waals surface area contributed by atoms with Crippen molar-refractivity contribution in [2.75, 3.05) is 17.6 Å². The molecule has 0 N–H and O–H groups in total. The van der Waals surface area contributed by atoms with E-state index in [0.717, 1.165) is 11.8 Å². The molecule has 0 unspecified atom stereocenters. The summed E-state index contributed by atoms with van der Waals surface area (Å²) in [5.74, 6) is -0.798. The van der Waals surface area contributed by atoms with Crippen molar-refractivity contribution in [1.29, 1.82) is 0 Å². The Morgan fingerprint density at radius 2 is 1.80 bits per heavy atom. The Hall–Kier alpha value is -3.59.